The molecule has 4 aromatic rings. The van der Waals surface area contributed by atoms with Crippen LogP contribution in [-0.2, 0) is 16.1 Å². The summed E-state index contributed by atoms with van der Waals surface area (Å²) in [5.41, 5.74) is 3.20. The third kappa shape index (κ3) is 5.97. The maximum absolute atomic E-state index is 13.5. The Bertz CT molecular complexity index is 1530. The Morgan fingerprint density at radius 3 is 2.33 bits per heavy atom. The maximum Gasteiger partial charge on any atom is 0.278 e. The fraction of sp³-hybridized carbons (Fsp3) is 0.129. The molecule has 0 atom stereocenters. The van der Waals surface area contributed by atoms with Gasteiger partial charge in [0.1, 0.15) is 16.4 Å². The Balaban J connectivity index is 1.42. The highest BCUT2D eigenvalue weighted by Crippen LogP contribution is 2.37. The highest BCUT2D eigenvalue weighted by atomic mass is 32.2. The first kappa shape index (κ1) is 26.1. The van der Waals surface area contributed by atoms with Gasteiger partial charge in [0, 0.05) is 21.8 Å². The molecule has 7 nitrogen and oxygen atoms in total. The van der Waals surface area contributed by atoms with Gasteiger partial charge in [0.25, 0.3) is 17.7 Å². The van der Waals surface area contributed by atoms with Crippen LogP contribution in [0.5, 0.6) is 0 Å². The van der Waals surface area contributed by atoms with Crippen molar-refractivity contribution in [3.8, 4) is 0 Å². The van der Waals surface area contributed by atoms with Crippen molar-refractivity contribution in [2.45, 2.75) is 31.2 Å². The fourth-order valence-electron chi connectivity index (χ4n) is 4.10. The van der Waals surface area contributed by atoms with Crippen molar-refractivity contribution in [2.75, 3.05) is 10.6 Å². The average Bonchev–Trinajstić information content (AvgIpc) is 3.53. The number of rotatable bonds is 9. The summed E-state index contributed by atoms with van der Waals surface area (Å²) >= 11 is 1.18. The number of amides is 3. The van der Waals surface area contributed by atoms with Crippen molar-refractivity contribution in [1.82, 2.24) is 4.90 Å². The van der Waals surface area contributed by atoms with Crippen molar-refractivity contribution >= 4 is 40.9 Å². The zero-order valence-electron chi connectivity index (χ0n) is 21.5. The molecular weight excluding hydrogens is 510 g/mol. The standard InChI is InChI=1S/C31H27N3O4S/c1-20(2)21-13-15-23(16-14-21)32-27-28(31(37)34(30(27)36)19-25-11-7-17-38-25)39-26-12-6-10-24(18-26)33-29(35)22-8-4-3-5-9-22/h3-18,20,32H,19H2,1-2H3,(H,33,35). The van der Waals surface area contributed by atoms with Gasteiger partial charge in [-0.1, -0.05) is 62.0 Å². The SMILES string of the molecule is CC(C)c1ccc(NC2=C(Sc3cccc(NC(=O)c4ccccc4)c3)C(=O)N(Cc3ccco3)C2=O)cc1. The van der Waals surface area contributed by atoms with Gasteiger partial charge >= 0.3 is 0 Å². The topological polar surface area (TPSA) is 91.7 Å². The van der Waals surface area contributed by atoms with Crippen LogP contribution in [0.15, 0.2) is 117 Å². The normalized spacial score (nSPS) is 13.4. The molecule has 8 heteroatoms. The van der Waals surface area contributed by atoms with Crippen molar-refractivity contribution < 1.29 is 18.8 Å². The summed E-state index contributed by atoms with van der Waals surface area (Å²) in [5, 5.41) is 6.07. The summed E-state index contributed by atoms with van der Waals surface area (Å²) in [6.45, 7) is 4.25. The number of hydrogen-bond donors (Lipinski definition) is 2. The first-order valence-electron chi connectivity index (χ1n) is 12.5. The Morgan fingerprint density at radius 2 is 1.64 bits per heavy atom. The highest BCUT2D eigenvalue weighted by molar-refractivity contribution is 8.04. The summed E-state index contributed by atoms with van der Waals surface area (Å²) < 4.78 is 5.39. The lowest BCUT2D eigenvalue weighted by molar-refractivity contribution is -0.138. The van der Waals surface area contributed by atoms with Gasteiger partial charge in [0.2, 0.25) is 0 Å². The number of furan rings is 1. The molecule has 1 aliphatic heterocycles. The van der Waals surface area contributed by atoms with Crippen LogP contribution >= 0.6 is 11.8 Å². The molecule has 3 aromatic carbocycles. The maximum atomic E-state index is 13.5. The molecule has 39 heavy (non-hydrogen) atoms. The van der Waals surface area contributed by atoms with Crippen LogP contribution in [0, 0.1) is 0 Å². The van der Waals surface area contributed by atoms with Crippen LogP contribution in [0.4, 0.5) is 11.4 Å². The summed E-state index contributed by atoms with van der Waals surface area (Å²) in [6, 6.07) is 27.3. The van der Waals surface area contributed by atoms with Gasteiger partial charge in [-0.25, -0.2) is 0 Å². The lowest BCUT2D eigenvalue weighted by atomic mass is 10.0. The molecule has 0 aliphatic carbocycles. The van der Waals surface area contributed by atoms with Crippen LogP contribution in [0.1, 0.15) is 41.4 Å². The number of carbonyl (C=O) groups excluding carboxylic acids is 3. The first-order valence-corrected chi connectivity index (χ1v) is 13.3. The van der Waals surface area contributed by atoms with Crippen molar-refractivity contribution in [1.29, 1.82) is 0 Å². The Hall–Kier alpha value is -4.56. The van der Waals surface area contributed by atoms with E-state index in [0.29, 0.717) is 33.5 Å². The molecule has 0 fully saturated rings. The highest BCUT2D eigenvalue weighted by Gasteiger charge is 2.39. The quantitative estimate of drug-likeness (QED) is 0.233. The van der Waals surface area contributed by atoms with Gasteiger partial charge in [-0.2, -0.15) is 0 Å². The smallest absolute Gasteiger partial charge is 0.278 e. The minimum absolute atomic E-state index is 0.0271. The molecule has 0 radical (unpaired) electrons. The summed E-state index contributed by atoms with van der Waals surface area (Å²) in [6.07, 6.45) is 1.51. The molecule has 0 bridgehead atoms. The van der Waals surface area contributed by atoms with Crippen molar-refractivity contribution in [3.05, 3.63) is 125 Å². The molecular formula is C31H27N3O4S. The zero-order valence-corrected chi connectivity index (χ0v) is 22.3. The van der Waals surface area contributed by atoms with E-state index in [1.165, 1.54) is 28.5 Å². The number of hydrogen-bond acceptors (Lipinski definition) is 6. The van der Waals surface area contributed by atoms with Crippen LogP contribution in [0.2, 0.25) is 0 Å². The molecule has 0 saturated heterocycles. The van der Waals surface area contributed by atoms with Gasteiger partial charge in [-0.05, 0) is 66.1 Å². The molecule has 3 amide bonds. The third-order valence-electron chi connectivity index (χ3n) is 6.21. The van der Waals surface area contributed by atoms with E-state index in [0.717, 1.165) is 0 Å². The monoisotopic (exact) mass is 537 g/mol. The van der Waals surface area contributed by atoms with Gasteiger partial charge in [0.15, 0.2) is 0 Å². The molecule has 1 aliphatic rings. The van der Waals surface area contributed by atoms with E-state index in [2.05, 4.69) is 24.5 Å². The fourth-order valence-corrected chi connectivity index (χ4v) is 5.11. The predicted octanol–water partition coefficient (Wildman–Crippen LogP) is 6.64. The number of imide groups is 1. The van der Waals surface area contributed by atoms with Gasteiger partial charge in [-0.15, -0.1) is 0 Å². The van der Waals surface area contributed by atoms with Gasteiger partial charge in [0.05, 0.1) is 12.8 Å². The van der Waals surface area contributed by atoms with E-state index < -0.39 is 11.8 Å². The second kappa shape index (κ2) is 11.4. The number of nitrogens with one attached hydrogen (secondary N) is 2. The molecule has 0 saturated carbocycles. The number of thioether (sulfide) groups is 1. The molecule has 5 rings (SSSR count). The van der Waals surface area contributed by atoms with E-state index in [1.54, 1.807) is 54.6 Å². The van der Waals surface area contributed by atoms with Gasteiger partial charge in [-0.3, -0.25) is 19.3 Å². The Labute approximate surface area is 230 Å². The molecule has 1 aromatic heterocycles. The van der Waals surface area contributed by atoms with E-state index in [1.807, 2.05) is 36.4 Å². The summed E-state index contributed by atoms with van der Waals surface area (Å²) in [4.78, 5) is 41.7. The Morgan fingerprint density at radius 1 is 0.872 bits per heavy atom. The van der Waals surface area contributed by atoms with Crippen LogP contribution in [-0.4, -0.2) is 22.6 Å². The van der Waals surface area contributed by atoms with Crippen molar-refractivity contribution in [2.24, 2.45) is 0 Å². The number of nitrogens with zero attached hydrogens (tertiary/aromatic N) is 1. The lowest BCUT2D eigenvalue weighted by Crippen LogP contribution is -2.31. The Kier molecular flexibility index (Phi) is 7.65. The van der Waals surface area contributed by atoms with E-state index in [9.17, 15) is 14.4 Å². The molecule has 0 spiro atoms. The van der Waals surface area contributed by atoms with Crippen molar-refractivity contribution in [3.63, 3.8) is 0 Å². The van der Waals surface area contributed by atoms with E-state index in [4.69, 9.17) is 4.42 Å². The number of anilines is 2. The molecule has 0 unspecified atom stereocenters. The molecule has 2 heterocycles. The van der Waals surface area contributed by atoms with Crippen LogP contribution < -0.4 is 10.6 Å². The zero-order chi connectivity index (χ0) is 27.4. The predicted molar refractivity (Wildman–Crippen MR) is 152 cm³/mol. The second-order valence-corrected chi connectivity index (χ2v) is 10.4. The largest absolute Gasteiger partial charge is 0.467 e. The average molecular weight is 538 g/mol. The number of carbonyl (C=O) groups is 3. The third-order valence-corrected chi connectivity index (χ3v) is 7.29. The molecule has 196 valence electrons. The van der Waals surface area contributed by atoms with E-state index >= 15 is 0 Å². The lowest BCUT2D eigenvalue weighted by Gasteiger charge is -2.14. The number of benzene rings is 3. The summed E-state index contributed by atoms with van der Waals surface area (Å²) in [7, 11) is 0. The molecule has 2 N–H and O–H groups in total. The summed E-state index contributed by atoms with van der Waals surface area (Å²) in [5.74, 6) is -0.200. The minimum Gasteiger partial charge on any atom is -0.467 e. The minimum atomic E-state index is -0.430. The first-order chi connectivity index (χ1) is 18.9. The van der Waals surface area contributed by atoms with Crippen LogP contribution in [0.25, 0.3) is 0 Å². The van der Waals surface area contributed by atoms with Gasteiger partial charge < -0.3 is 15.1 Å². The second-order valence-electron chi connectivity index (χ2n) is 9.33. The van der Waals surface area contributed by atoms with E-state index in [-0.39, 0.29) is 23.1 Å². The van der Waals surface area contributed by atoms with Crippen LogP contribution in [0.3, 0.4) is 0 Å².